The Labute approximate surface area is 84.1 Å². The molecule has 0 saturated carbocycles. The van der Waals surface area contributed by atoms with E-state index in [2.05, 4.69) is 13.2 Å². The number of ketones is 2. The number of aliphatic hydroxyl groups is 1. The standard InChI is InChI=1S/C11H16O3/c1-5-9(12)8(4)11(14)6-10(13)7(2)3/h5,8,11,14H,1-2,6H2,3-4H3. The van der Waals surface area contributed by atoms with Gasteiger partial charge in [0.25, 0.3) is 0 Å². The maximum Gasteiger partial charge on any atom is 0.160 e. The van der Waals surface area contributed by atoms with Gasteiger partial charge in [0.2, 0.25) is 0 Å². The highest BCUT2D eigenvalue weighted by molar-refractivity contribution is 5.96. The van der Waals surface area contributed by atoms with E-state index in [1.165, 1.54) is 0 Å². The van der Waals surface area contributed by atoms with Crippen LogP contribution >= 0.6 is 0 Å². The SMILES string of the molecule is C=CC(=O)C(C)C(O)CC(=O)C(=C)C. The molecule has 3 nitrogen and oxygen atoms in total. The molecule has 0 aromatic carbocycles. The summed E-state index contributed by atoms with van der Waals surface area (Å²) < 4.78 is 0. The van der Waals surface area contributed by atoms with Crippen LogP contribution in [0, 0.1) is 5.92 Å². The monoisotopic (exact) mass is 196 g/mol. The second kappa shape index (κ2) is 5.50. The van der Waals surface area contributed by atoms with Crippen molar-refractivity contribution in [3.63, 3.8) is 0 Å². The van der Waals surface area contributed by atoms with Crippen LogP contribution in [0.1, 0.15) is 20.3 Å². The zero-order chi connectivity index (χ0) is 11.3. The van der Waals surface area contributed by atoms with E-state index in [1.54, 1.807) is 13.8 Å². The number of allylic oxidation sites excluding steroid dienone is 2. The summed E-state index contributed by atoms with van der Waals surface area (Å²) in [5.41, 5.74) is 0.391. The van der Waals surface area contributed by atoms with Crippen LogP contribution in [0.25, 0.3) is 0 Å². The molecule has 2 unspecified atom stereocenters. The van der Waals surface area contributed by atoms with E-state index in [-0.39, 0.29) is 18.0 Å². The first-order valence-corrected chi connectivity index (χ1v) is 4.43. The van der Waals surface area contributed by atoms with Crippen LogP contribution < -0.4 is 0 Å². The van der Waals surface area contributed by atoms with Gasteiger partial charge in [0, 0.05) is 12.3 Å². The van der Waals surface area contributed by atoms with E-state index in [4.69, 9.17) is 0 Å². The molecule has 0 spiro atoms. The Morgan fingerprint density at radius 3 is 2.36 bits per heavy atom. The molecular weight excluding hydrogens is 180 g/mol. The smallest absolute Gasteiger partial charge is 0.160 e. The van der Waals surface area contributed by atoms with Crippen molar-refractivity contribution in [2.75, 3.05) is 0 Å². The summed E-state index contributed by atoms with van der Waals surface area (Å²) in [4.78, 5) is 22.3. The van der Waals surface area contributed by atoms with Crippen molar-refractivity contribution < 1.29 is 14.7 Å². The minimum Gasteiger partial charge on any atom is -0.392 e. The highest BCUT2D eigenvalue weighted by atomic mass is 16.3. The highest BCUT2D eigenvalue weighted by Gasteiger charge is 2.22. The molecule has 0 aromatic rings. The summed E-state index contributed by atoms with van der Waals surface area (Å²) in [5.74, 6) is -1.07. The third-order valence-electron chi connectivity index (χ3n) is 2.10. The van der Waals surface area contributed by atoms with Gasteiger partial charge in [-0.25, -0.2) is 0 Å². The van der Waals surface area contributed by atoms with E-state index in [0.29, 0.717) is 5.57 Å². The van der Waals surface area contributed by atoms with Crippen LogP contribution in [0.4, 0.5) is 0 Å². The van der Waals surface area contributed by atoms with Gasteiger partial charge >= 0.3 is 0 Å². The summed E-state index contributed by atoms with van der Waals surface area (Å²) in [6.07, 6.45) is 0.138. The zero-order valence-corrected chi connectivity index (χ0v) is 8.62. The molecule has 0 amide bonds. The molecule has 78 valence electrons. The maximum absolute atomic E-state index is 11.2. The largest absolute Gasteiger partial charge is 0.392 e. The molecular formula is C11H16O3. The fourth-order valence-electron chi connectivity index (χ4n) is 0.916. The lowest BCUT2D eigenvalue weighted by Gasteiger charge is -2.15. The van der Waals surface area contributed by atoms with E-state index in [1.807, 2.05) is 0 Å². The summed E-state index contributed by atoms with van der Waals surface area (Å²) >= 11 is 0. The van der Waals surface area contributed by atoms with Crippen LogP contribution in [0.2, 0.25) is 0 Å². The maximum atomic E-state index is 11.2. The van der Waals surface area contributed by atoms with Gasteiger partial charge in [0.1, 0.15) is 0 Å². The molecule has 0 fully saturated rings. The molecule has 2 atom stereocenters. The molecule has 14 heavy (non-hydrogen) atoms. The average molecular weight is 196 g/mol. The lowest BCUT2D eigenvalue weighted by molar-refractivity contribution is -0.123. The molecule has 0 bridgehead atoms. The van der Waals surface area contributed by atoms with Gasteiger partial charge in [-0.15, -0.1) is 0 Å². The quantitative estimate of drug-likeness (QED) is 0.651. The average Bonchev–Trinajstić information content (AvgIpc) is 2.14. The molecule has 0 aliphatic carbocycles. The van der Waals surface area contributed by atoms with E-state index >= 15 is 0 Å². The summed E-state index contributed by atoms with van der Waals surface area (Å²) in [6.45, 7) is 9.93. The Morgan fingerprint density at radius 1 is 1.50 bits per heavy atom. The Morgan fingerprint density at radius 2 is 2.00 bits per heavy atom. The molecule has 1 N–H and O–H groups in total. The van der Waals surface area contributed by atoms with Crippen molar-refractivity contribution in [2.24, 2.45) is 5.92 Å². The molecule has 0 aromatic heterocycles. The summed E-state index contributed by atoms with van der Waals surface area (Å²) in [7, 11) is 0. The fourth-order valence-corrected chi connectivity index (χ4v) is 0.916. The Bertz CT molecular complexity index is 266. The van der Waals surface area contributed by atoms with Gasteiger partial charge in [-0.1, -0.05) is 20.1 Å². The molecule has 3 heteroatoms. The van der Waals surface area contributed by atoms with Crippen molar-refractivity contribution in [3.05, 3.63) is 24.8 Å². The normalized spacial score (nSPS) is 14.2. The van der Waals surface area contributed by atoms with E-state index in [0.717, 1.165) is 6.08 Å². The number of hydrogen-bond acceptors (Lipinski definition) is 3. The van der Waals surface area contributed by atoms with E-state index < -0.39 is 12.0 Å². The van der Waals surface area contributed by atoms with Crippen LogP contribution in [0.15, 0.2) is 24.8 Å². The van der Waals surface area contributed by atoms with Crippen molar-refractivity contribution in [2.45, 2.75) is 26.4 Å². The second-order valence-corrected chi connectivity index (χ2v) is 3.37. The minimum absolute atomic E-state index is 0.0594. The number of Topliss-reactive ketones (excluding diaryl/α,β-unsaturated/α-hetero) is 1. The third kappa shape index (κ3) is 3.66. The summed E-state index contributed by atoms with van der Waals surface area (Å²) in [5, 5.41) is 9.51. The molecule has 0 radical (unpaired) electrons. The van der Waals surface area contributed by atoms with Crippen molar-refractivity contribution in [3.8, 4) is 0 Å². The van der Waals surface area contributed by atoms with Crippen molar-refractivity contribution in [1.82, 2.24) is 0 Å². The van der Waals surface area contributed by atoms with Crippen LogP contribution in [0.5, 0.6) is 0 Å². The van der Waals surface area contributed by atoms with Crippen LogP contribution in [-0.2, 0) is 9.59 Å². The predicted molar refractivity (Wildman–Crippen MR) is 54.8 cm³/mol. The Balaban J connectivity index is 4.27. The lowest BCUT2D eigenvalue weighted by Crippen LogP contribution is -2.27. The predicted octanol–water partition coefficient (Wildman–Crippen LogP) is 1.27. The van der Waals surface area contributed by atoms with Crippen molar-refractivity contribution in [1.29, 1.82) is 0 Å². The molecule has 0 rings (SSSR count). The van der Waals surface area contributed by atoms with Gasteiger partial charge < -0.3 is 5.11 Å². The van der Waals surface area contributed by atoms with Gasteiger partial charge in [0.15, 0.2) is 11.6 Å². The van der Waals surface area contributed by atoms with Gasteiger partial charge in [0.05, 0.1) is 6.10 Å². The number of aliphatic hydroxyl groups excluding tert-OH is 1. The van der Waals surface area contributed by atoms with Crippen LogP contribution in [-0.4, -0.2) is 22.8 Å². The molecule has 0 aliphatic rings. The number of rotatable bonds is 6. The first-order chi connectivity index (χ1) is 6.40. The highest BCUT2D eigenvalue weighted by Crippen LogP contribution is 2.11. The first kappa shape index (κ1) is 12.8. The molecule has 0 heterocycles. The van der Waals surface area contributed by atoms with E-state index in [9.17, 15) is 14.7 Å². The number of carbonyl (C=O) groups excluding carboxylic acids is 2. The number of carbonyl (C=O) groups is 2. The Hall–Kier alpha value is -1.22. The number of hydrogen-bond donors (Lipinski definition) is 1. The topological polar surface area (TPSA) is 54.4 Å². The summed E-state index contributed by atoms with van der Waals surface area (Å²) in [6, 6.07) is 0. The third-order valence-corrected chi connectivity index (χ3v) is 2.10. The zero-order valence-electron chi connectivity index (χ0n) is 8.62. The van der Waals surface area contributed by atoms with Gasteiger partial charge in [-0.3, -0.25) is 9.59 Å². The van der Waals surface area contributed by atoms with Gasteiger partial charge in [-0.05, 0) is 18.6 Å². The molecule has 0 aliphatic heterocycles. The minimum atomic E-state index is -0.954. The fraction of sp³-hybridized carbons (Fsp3) is 0.455. The molecule has 0 saturated heterocycles. The van der Waals surface area contributed by atoms with Crippen LogP contribution in [0.3, 0.4) is 0 Å². The Kier molecular flexibility index (Phi) is 5.02. The second-order valence-electron chi connectivity index (χ2n) is 3.37. The van der Waals surface area contributed by atoms with Gasteiger partial charge in [-0.2, -0.15) is 0 Å². The lowest BCUT2D eigenvalue weighted by atomic mass is 9.94. The first-order valence-electron chi connectivity index (χ1n) is 4.43. The van der Waals surface area contributed by atoms with Crippen molar-refractivity contribution >= 4 is 11.6 Å².